The molecule has 16 heavy (non-hydrogen) atoms. The van der Waals surface area contributed by atoms with Gasteiger partial charge in [-0.15, -0.1) is 6.58 Å². The lowest BCUT2D eigenvalue weighted by Crippen LogP contribution is -2.07. The van der Waals surface area contributed by atoms with Gasteiger partial charge in [0.05, 0.1) is 18.5 Å². The maximum absolute atomic E-state index is 9.19. The summed E-state index contributed by atoms with van der Waals surface area (Å²) in [4.78, 5) is 4.28. The second-order valence-electron chi connectivity index (χ2n) is 3.29. The van der Waals surface area contributed by atoms with Crippen LogP contribution in [0.25, 0.3) is 0 Å². The lowest BCUT2D eigenvalue weighted by Gasteiger charge is -2.09. The third-order valence-electron chi connectivity index (χ3n) is 2.12. The number of nitrogens with zero attached hydrogens (tertiary/aromatic N) is 2. The zero-order valence-corrected chi connectivity index (χ0v) is 10.4. The van der Waals surface area contributed by atoms with Gasteiger partial charge in [-0.2, -0.15) is 0 Å². The predicted octanol–water partition coefficient (Wildman–Crippen LogP) is 1.69. The van der Waals surface area contributed by atoms with E-state index in [2.05, 4.69) is 11.6 Å². The minimum absolute atomic E-state index is 0.0225. The van der Waals surface area contributed by atoms with Gasteiger partial charge in [0.1, 0.15) is 0 Å². The van der Waals surface area contributed by atoms with E-state index in [-0.39, 0.29) is 6.61 Å². The van der Waals surface area contributed by atoms with E-state index in [0.29, 0.717) is 6.61 Å². The van der Waals surface area contributed by atoms with Crippen molar-refractivity contribution < 1.29 is 9.84 Å². The molecular formula is C11H18N2O2S. The van der Waals surface area contributed by atoms with Crippen LogP contribution in [-0.2, 0) is 17.9 Å². The Morgan fingerprint density at radius 2 is 2.50 bits per heavy atom. The highest BCUT2D eigenvalue weighted by Gasteiger charge is 2.08. The zero-order valence-electron chi connectivity index (χ0n) is 9.56. The highest BCUT2D eigenvalue weighted by atomic mass is 32.2. The Morgan fingerprint density at radius 3 is 3.12 bits per heavy atom. The van der Waals surface area contributed by atoms with Crippen molar-refractivity contribution in [1.29, 1.82) is 0 Å². The van der Waals surface area contributed by atoms with Gasteiger partial charge < -0.3 is 14.4 Å². The summed E-state index contributed by atoms with van der Waals surface area (Å²) in [5.74, 6) is 0.826. The first kappa shape index (κ1) is 13.3. The number of methoxy groups -OCH3 is 1. The number of thioether (sulfide) groups is 1. The summed E-state index contributed by atoms with van der Waals surface area (Å²) in [6.45, 7) is 5.24. The first-order valence-corrected chi connectivity index (χ1v) is 6.20. The maximum atomic E-state index is 9.19. The number of hydrogen-bond donors (Lipinski definition) is 1. The monoisotopic (exact) mass is 242 g/mol. The van der Waals surface area contributed by atoms with Crippen molar-refractivity contribution in [1.82, 2.24) is 9.55 Å². The normalized spacial score (nSPS) is 10.6. The average molecular weight is 242 g/mol. The molecule has 0 aliphatic carbocycles. The van der Waals surface area contributed by atoms with Crippen LogP contribution in [-0.4, -0.2) is 34.1 Å². The Bertz CT molecular complexity index is 326. The van der Waals surface area contributed by atoms with Crippen LogP contribution in [0.4, 0.5) is 0 Å². The van der Waals surface area contributed by atoms with Crippen molar-refractivity contribution in [2.75, 3.05) is 19.5 Å². The first-order chi connectivity index (χ1) is 7.83. The van der Waals surface area contributed by atoms with Crippen LogP contribution in [0.2, 0.25) is 0 Å². The fourth-order valence-electron chi connectivity index (χ4n) is 1.37. The molecule has 4 nitrogen and oxygen atoms in total. The van der Waals surface area contributed by atoms with Crippen LogP contribution in [0.3, 0.4) is 0 Å². The van der Waals surface area contributed by atoms with E-state index in [1.54, 1.807) is 25.1 Å². The molecule has 0 aliphatic rings. The number of rotatable bonds is 8. The van der Waals surface area contributed by atoms with E-state index in [4.69, 9.17) is 4.74 Å². The van der Waals surface area contributed by atoms with E-state index in [1.165, 1.54) is 0 Å². The van der Waals surface area contributed by atoms with E-state index in [9.17, 15) is 5.11 Å². The Hall–Kier alpha value is -0.780. The Balaban J connectivity index is 2.66. The molecule has 0 spiro atoms. The second kappa shape index (κ2) is 7.49. The van der Waals surface area contributed by atoms with Gasteiger partial charge >= 0.3 is 0 Å². The summed E-state index contributed by atoms with van der Waals surface area (Å²) in [7, 11) is 1.69. The molecule has 1 aromatic rings. The number of aliphatic hydroxyl groups excluding tert-OH is 1. The topological polar surface area (TPSA) is 47.3 Å². The summed E-state index contributed by atoms with van der Waals surface area (Å²) >= 11 is 1.62. The van der Waals surface area contributed by atoms with Crippen LogP contribution in [0.15, 0.2) is 24.0 Å². The van der Waals surface area contributed by atoms with Gasteiger partial charge in [0.25, 0.3) is 0 Å². The largest absolute Gasteiger partial charge is 0.390 e. The summed E-state index contributed by atoms with van der Waals surface area (Å²) in [5.41, 5.74) is 0.850. The molecule has 0 radical (unpaired) electrons. The number of hydrogen-bond acceptors (Lipinski definition) is 4. The van der Waals surface area contributed by atoms with E-state index < -0.39 is 0 Å². The van der Waals surface area contributed by atoms with Crippen molar-refractivity contribution in [3.8, 4) is 0 Å². The quantitative estimate of drug-likeness (QED) is 0.428. The van der Waals surface area contributed by atoms with Gasteiger partial charge in [-0.05, 0) is 6.42 Å². The molecule has 0 amide bonds. The summed E-state index contributed by atoms with van der Waals surface area (Å²) < 4.78 is 7.05. The van der Waals surface area contributed by atoms with Crippen LogP contribution < -0.4 is 0 Å². The smallest absolute Gasteiger partial charge is 0.168 e. The van der Waals surface area contributed by atoms with Crippen LogP contribution >= 0.6 is 11.8 Å². The molecule has 0 saturated carbocycles. The number of imidazole rings is 1. The Labute approximate surface area is 100 Å². The number of ether oxygens (including phenoxy) is 1. The summed E-state index contributed by atoms with van der Waals surface area (Å²) in [5, 5.41) is 10.1. The van der Waals surface area contributed by atoms with Crippen molar-refractivity contribution in [2.24, 2.45) is 0 Å². The molecule has 1 heterocycles. The molecule has 1 N–H and O–H groups in total. The average Bonchev–Trinajstić information content (AvgIpc) is 2.69. The van der Waals surface area contributed by atoms with Crippen molar-refractivity contribution >= 4 is 11.8 Å². The molecule has 1 rings (SSSR count). The van der Waals surface area contributed by atoms with Crippen molar-refractivity contribution in [2.45, 2.75) is 24.7 Å². The fraction of sp³-hybridized carbons (Fsp3) is 0.545. The van der Waals surface area contributed by atoms with Gasteiger partial charge in [0.2, 0.25) is 0 Å². The molecule has 0 bridgehead atoms. The third kappa shape index (κ3) is 3.66. The standard InChI is InChI=1S/C11H18N2O2S/c1-3-7-16-11-12-8-10(9-14)13(11)5-4-6-15-2/h3,8,14H,1,4-7,9H2,2H3. The predicted molar refractivity (Wildman–Crippen MR) is 65.6 cm³/mol. The lowest BCUT2D eigenvalue weighted by atomic mass is 10.4. The van der Waals surface area contributed by atoms with Crippen molar-refractivity contribution in [3.05, 3.63) is 24.5 Å². The van der Waals surface area contributed by atoms with Gasteiger partial charge in [-0.1, -0.05) is 17.8 Å². The molecule has 0 unspecified atom stereocenters. The minimum Gasteiger partial charge on any atom is -0.390 e. The SMILES string of the molecule is C=CCSc1ncc(CO)n1CCCOC. The van der Waals surface area contributed by atoms with E-state index in [0.717, 1.165) is 29.6 Å². The molecule has 1 aromatic heterocycles. The van der Waals surface area contributed by atoms with Crippen LogP contribution in [0, 0.1) is 0 Å². The van der Waals surface area contributed by atoms with Crippen LogP contribution in [0.1, 0.15) is 12.1 Å². The minimum atomic E-state index is 0.0225. The van der Waals surface area contributed by atoms with Gasteiger partial charge in [-0.3, -0.25) is 0 Å². The molecular weight excluding hydrogens is 224 g/mol. The van der Waals surface area contributed by atoms with E-state index in [1.807, 2.05) is 10.6 Å². The first-order valence-electron chi connectivity index (χ1n) is 5.21. The molecule has 0 aliphatic heterocycles. The molecule has 0 saturated heterocycles. The summed E-state index contributed by atoms with van der Waals surface area (Å²) in [6, 6.07) is 0. The molecule has 0 fully saturated rings. The van der Waals surface area contributed by atoms with Gasteiger partial charge in [-0.25, -0.2) is 4.98 Å². The zero-order chi connectivity index (χ0) is 11.8. The highest BCUT2D eigenvalue weighted by Crippen LogP contribution is 2.19. The second-order valence-corrected chi connectivity index (χ2v) is 4.28. The molecule has 0 atom stereocenters. The van der Waals surface area contributed by atoms with Gasteiger partial charge in [0, 0.05) is 26.0 Å². The summed E-state index contributed by atoms with van der Waals surface area (Å²) in [6.07, 6.45) is 4.48. The Morgan fingerprint density at radius 1 is 1.69 bits per heavy atom. The number of aliphatic hydroxyl groups is 1. The lowest BCUT2D eigenvalue weighted by molar-refractivity contribution is 0.187. The number of aromatic nitrogens is 2. The molecule has 90 valence electrons. The third-order valence-corrected chi connectivity index (χ3v) is 3.11. The maximum Gasteiger partial charge on any atom is 0.168 e. The van der Waals surface area contributed by atoms with Gasteiger partial charge in [0.15, 0.2) is 5.16 Å². The van der Waals surface area contributed by atoms with Crippen LogP contribution in [0.5, 0.6) is 0 Å². The van der Waals surface area contributed by atoms with E-state index >= 15 is 0 Å². The molecule has 5 heteroatoms. The molecule has 0 aromatic carbocycles. The van der Waals surface area contributed by atoms with Crippen molar-refractivity contribution in [3.63, 3.8) is 0 Å². The Kier molecular flexibility index (Phi) is 6.22. The highest BCUT2D eigenvalue weighted by molar-refractivity contribution is 7.99. The fourth-order valence-corrected chi connectivity index (χ4v) is 2.13.